The molecule has 3 atom stereocenters. The van der Waals surface area contributed by atoms with Gasteiger partial charge < -0.3 is 18.8 Å². The van der Waals surface area contributed by atoms with E-state index in [0.717, 1.165) is 40.8 Å². The average Bonchev–Trinajstić information content (AvgIpc) is 3.53. The number of aryl methyl sites for hydroxylation is 1. The number of esters is 1. The average molecular weight is 424 g/mol. The molecule has 2 aromatic rings. The Labute approximate surface area is 182 Å². The molecule has 31 heavy (non-hydrogen) atoms. The number of ether oxygens (including phenoxy) is 3. The van der Waals surface area contributed by atoms with Gasteiger partial charge in [-0.2, -0.15) is 0 Å². The van der Waals surface area contributed by atoms with Crippen molar-refractivity contribution in [3.05, 3.63) is 46.8 Å². The third-order valence-corrected chi connectivity index (χ3v) is 7.33. The molecule has 1 aromatic carbocycles. The summed E-state index contributed by atoms with van der Waals surface area (Å²) in [6, 6.07) is 7.77. The van der Waals surface area contributed by atoms with Crippen molar-refractivity contribution in [3.63, 3.8) is 0 Å². The number of benzene rings is 1. The SMILES string of the molecule is Cc1cc(C(=O)COC(=O)C[C@H]2C[C@@H]3CC[C@@H]2C3)c(C)n1Cc1ccc2c(c1)OCO2. The highest BCUT2D eigenvalue weighted by Crippen LogP contribution is 2.49. The molecule has 5 rings (SSSR count). The maximum Gasteiger partial charge on any atom is 0.306 e. The molecule has 2 bridgehead atoms. The number of ketones is 1. The summed E-state index contributed by atoms with van der Waals surface area (Å²) in [5.74, 6) is 3.06. The summed E-state index contributed by atoms with van der Waals surface area (Å²) < 4.78 is 18.3. The van der Waals surface area contributed by atoms with Gasteiger partial charge in [-0.1, -0.05) is 12.5 Å². The molecule has 2 fully saturated rings. The lowest BCUT2D eigenvalue weighted by Gasteiger charge is -2.20. The predicted octanol–water partition coefficient (Wildman–Crippen LogP) is 4.43. The fourth-order valence-electron chi connectivity index (χ4n) is 5.67. The van der Waals surface area contributed by atoms with Crippen molar-refractivity contribution in [2.24, 2.45) is 17.8 Å². The summed E-state index contributed by atoms with van der Waals surface area (Å²) in [6.45, 7) is 4.61. The molecule has 2 aliphatic carbocycles. The van der Waals surface area contributed by atoms with E-state index < -0.39 is 0 Å². The Kier molecular flexibility index (Phi) is 5.24. The summed E-state index contributed by atoms with van der Waals surface area (Å²) >= 11 is 0. The van der Waals surface area contributed by atoms with Crippen LogP contribution in [0, 0.1) is 31.6 Å². The first kappa shape index (κ1) is 20.2. The van der Waals surface area contributed by atoms with E-state index >= 15 is 0 Å². The van der Waals surface area contributed by atoms with Gasteiger partial charge in [0.2, 0.25) is 12.6 Å². The smallest absolute Gasteiger partial charge is 0.306 e. The van der Waals surface area contributed by atoms with E-state index in [-0.39, 0.29) is 25.2 Å². The number of fused-ring (bicyclic) bond motifs is 3. The third kappa shape index (κ3) is 3.95. The lowest BCUT2D eigenvalue weighted by atomic mass is 9.86. The van der Waals surface area contributed by atoms with Gasteiger partial charge in [-0.25, -0.2) is 0 Å². The van der Waals surface area contributed by atoms with E-state index in [0.29, 0.717) is 30.4 Å². The van der Waals surface area contributed by atoms with Gasteiger partial charge in [-0.3, -0.25) is 9.59 Å². The first-order valence-electron chi connectivity index (χ1n) is 11.2. The van der Waals surface area contributed by atoms with E-state index in [1.165, 1.54) is 19.3 Å². The number of hydrogen-bond donors (Lipinski definition) is 0. The summed E-state index contributed by atoms with van der Waals surface area (Å²) in [4.78, 5) is 25.1. The lowest BCUT2D eigenvalue weighted by molar-refractivity contribution is -0.144. The van der Waals surface area contributed by atoms with Gasteiger partial charge in [0, 0.05) is 29.9 Å². The van der Waals surface area contributed by atoms with Crippen LogP contribution < -0.4 is 9.47 Å². The molecule has 2 saturated carbocycles. The Morgan fingerprint density at radius 3 is 2.71 bits per heavy atom. The van der Waals surface area contributed by atoms with E-state index in [1.807, 2.05) is 38.1 Å². The van der Waals surface area contributed by atoms with Crippen LogP contribution in [0.15, 0.2) is 24.3 Å². The maximum absolute atomic E-state index is 12.8. The first-order chi connectivity index (χ1) is 15.0. The monoisotopic (exact) mass is 423 g/mol. The van der Waals surface area contributed by atoms with Crippen LogP contribution in [0.2, 0.25) is 0 Å². The van der Waals surface area contributed by atoms with E-state index in [4.69, 9.17) is 14.2 Å². The maximum atomic E-state index is 12.8. The second kappa shape index (κ2) is 8.06. The van der Waals surface area contributed by atoms with Gasteiger partial charge in [-0.15, -0.1) is 0 Å². The Balaban J connectivity index is 1.20. The number of carbonyl (C=O) groups is 2. The highest BCUT2D eigenvalue weighted by molar-refractivity contribution is 5.99. The van der Waals surface area contributed by atoms with Crippen LogP contribution in [-0.2, 0) is 16.1 Å². The molecule has 2 heterocycles. The molecule has 1 aromatic heterocycles. The van der Waals surface area contributed by atoms with Crippen molar-refractivity contribution in [3.8, 4) is 11.5 Å². The van der Waals surface area contributed by atoms with Crippen LogP contribution in [0.5, 0.6) is 11.5 Å². The fourth-order valence-corrected chi connectivity index (χ4v) is 5.67. The molecule has 0 amide bonds. The van der Waals surface area contributed by atoms with Gasteiger partial charge >= 0.3 is 5.97 Å². The molecule has 0 unspecified atom stereocenters. The van der Waals surface area contributed by atoms with Crippen LogP contribution in [-0.4, -0.2) is 29.7 Å². The molecule has 0 saturated heterocycles. The molecule has 1 aliphatic heterocycles. The van der Waals surface area contributed by atoms with E-state index in [9.17, 15) is 9.59 Å². The van der Waals surface area contributed by atoms with Crippen LogP contribution in [0.3, 0.4) is 0 Å². The summed E-state index contributed by atoms with van der Waals surface area (Å²) in [6.07, 6.45) is 5.44. The van der Waals surface area contributed by atoms with Crippen molar-refractivity contribution in [1.29, 1.82) is 0 Å². The highest BCUT2D eigenvalue weighted by Gasteiger charge is 2.40. The number of Topliss-reactive ketones (excluding diaryl/α,β-unsaturated/α-hetero) is 1. The van der Waals surface area contributed by atoms with E-state index in [2.05, 4.69) is 4.57 Å². The van der Waals surface area contributed by atoms with Crippen molar-refractivity contribution < 1.29 is 23.8 Å². The van der Waals surface area contributed by atoms with Crippen molar-refractivity contribution in [2.45, 2.75) is 52.5 Å². The largest absolute Gasteiger partial charge is 0.457 e. The van der Waals surface area contributed by atoms with Gasteiger partial charge in [0.1, 0.15) is 0 Å². The normalized spacial score (nSPS) is 23.4. The highest BCUT2D eigenvalue weighted by atomic mass is 16.7. The molecular weight excluding hydrogens is 394 g/mol. The zero-order chi connectivity index (χ0) is 21.5. The standard InChI is InChI=1S/C25H29NO5/c1-15-7-21(16(2)26(15)12-18-4-6-23-24(10-18)31-14-30-23)22(27)13-29-25(28)11-20-9-17-3-5-19(20)8-17/h4,6-7,10,17,19-20H,3,5,8-9,11-14H2,1-2H3/t17-,19-,20-/m1/s1. The van der Waals surface area contributed by atoms with Crippen LogP contribution >= 0.6 is 0 Å². The Bertz CT molecular complexity index is 1020. The minimum atomic E-state index is -0.236. The Morgan fingerprint density at radius 1 is 1.10 bits per heavy atom. The molecule has 0 N–H and O–H groups in total. The van der Waals surface area contributed by atoms with Gasteiger partial charge in [0.05, 0.1) is 0 Å². The second-order valence-corrected chi connectivity index (χ2v) is 9.28. The minimum absolute atomic E-state index is 0.147. The van der Waals surface area contributed by atoms with Crippen molar-refractivity contribution in [2.75, 3.05) is 13.4 Å². The number of hydrogen-bond acceptors (Lipinski definition) is 5. The number of carbonyl (C=O) groups excluding carboxylic acids is 2. The minimum Gasteiger partial charge on any atom is -0.457 e. The molecule has 0 radical (unpaired) electrons. The third-order valence-electron chi connectivity index (χ3n) is 7.33. The zero-order valence-corrected chi connectivity index (χ0v) is 18.2. The summed E-state index contributed by atoms with van der Waals surface area (Å²) in [5.41, 5.74) is 3.56. The van der Waals surface area contributed by atoms with Crippen LogP contribution in [0.25, 0.3) is 0 Å². The topological polar surface area (TPSA) is 66.8 Å². The fraction of sp³-hybridized carbons (Fsp3) is 0.520. The molecule has 0 spiro atoms. The van der Waals surface area contributed by atoms with Crippen LogP contribution in [0.4, 0.5) is 0 Å². The van der Waals surface area contributed by atoms with Crippen LogP contribution in [0.1, 0.15) is 59.4 Å². The molecule has 164 valence electrons. The number of nitrogens with zero attached hydrogens (tertiary/aromatic N) is 1. The molecule has 3 aliphatic rings. The summed E-state index contributed by atoms with van der Waals surface area (Å²) in [7, 11) is 0. The van der Waals surface area contributed by atoms with Gasteiger partial charge in [0.15, 0.2) is 18.1 Å². The zero-order valence-electron chi connectivity index (χ0n) is 18.2. The summed E-state index contributed by atoms with van der Waals surface area (Å²) in [5, 5.41) is 0. The number of rotatable bonds is 7. The molecule has 6 heteroatoms. The van der Waals surface area contributed by atoms with Crippen molar-refractivity contribution in [1.82, 2.24) is 4.57 Å². The predicted molar refractivity (Wildman–Crippen MR) is 114 cm³/mol. The molecule has 6 nitrogen and oxygen atoms in total. The Morgan fingerprint density at radius 2 is 1.94 bits per heavy atom. The first-order valence-corrected chi connectivity index (χ1v) is 11.2. The lowest BCUT2D eigenvalue weighted by Crippen LogP contribution is -2.20. The number of aromatic nitrogens is 1. The quantitative estimate of drug-likeness (QED) is 0.487. The van der Waals surface area contributed by atoms with Gasteiger partial charge in [0.25, 0.3) is 0 Å². The van der Waals surface area contributed by atoms with Crippen molar-refractivity contribution >= 4 is 11.8 Å². The Hall–Kier alpha value is -2.76. The second-order valence-electron chi connectivity index (χ2n) is 9.28. The van der Waals surface area contributed by atoms with Gasteiger partial charge in [-0.05, 0) is 74.6 Å². The molecular formula is C25H29NO5. The van der Waals surface area contributed by atoms with E-state index in [1.54, 1.807) is 0 Å².